The van der Waals surface area contributed by atoms with E-state index in [1.807, 2.05) is 17.0 Å². The molecule has 1 aromatic rings. The number of carbonyl (C=O) groups is 2. The lowest BCUT2D eigenvalue weighted by Crippen LogP contribution is -2.39. The average molecular weight is 342 g/mol. The van der Waals surface area contributed by atoms with Crippen molar-refractivity contribution in [1.82, 2.24) is 4.90 Å². The monoisotopic (exact) mass is 341 g/mol. The molecule has 3 rings (SSSR count). The van der Waals surface area contributed by atoms with Crippen molar-refractivity contribution in [1.29, 1.82) is 0 Å². The molecule has 1 aromatic carbocycles. The Kier molecular flexibility index (Phi) is 5.72. The maximum atomic E-state index is 12.6. The molecule has 22 heavy (non-hydrogen) atoms. The fourth-order valence-corrected chi connectivity index (χ4v) is 3.80. The molecule has 5 nitrogen and oxygen atoms in total. The van der Waals surface area contributed by atoms with Crippen LogP contribution < -0.4 is 11.1 Å². The van der Waals surface area contributed by atoms with Gasteiger partial charge in [0.25, 0.3) is 5.91 Å². The molecule has 0 aromatic heterocycles. The molecule has 2 aliphatic rings. The third-order valence-corrected chi connectivity index (χ3v) is 5.07. The van der Waals surface area contributed by atoms with Gasteiger partial charge in [-0.05, 0) is 31.0 Å². The minimum absolute atomic E-state index is 0. The molecule has 2 aliphatic heterocycles. The van der Waals surface area contributed by atoms with Crippen molar-refractivity contribution in [2.45, 2.75) is 30.2 Å². The molecule has 0 bridgehead atoms. The fraction of sp³-hybridized carbons (Fsp3) is 0.467. The second kappa shape index (κ2) is 7.35. The first-order chi connectivity index (χ1) is 10.2. The van der Waals surface area contributed by atoms with Crippen molar-refractivity contribution in [3.8, 4) is 0 Å². The van der Waals surface area contributed by atoms with Gasteiger partial charge in [0.05, 0.1) is 5.69 Å². The van der Waals surface area contributed by atoms with E-state index in [9.17, 15) is 9.59 Å². The molecule has 120 valence electrons. The van der Waals surface area contributed by atoms with E-state index in [-0.39, 0.29) is 30.3 Å². The third kappa shape index (κ3) is 3.39. The Hall–Kier alpha value is -1.24. The zero-order valence-electron chi connectivity index (χ0n) is 12.2. The molecule has 1 atom stereocenters. The van der Waals surface area contributed by atoms with Crippen LogP contribution in [0.3, 0.4) is 0 Å². The summed E-state index contributed by atoms with van der Waals surface area (Å²) in [7, 11) is 0. The molecule has 2 heterocycles. The molecule has 1 unspecified atom stereocenters. The molecule has 0 spiro atoms. The highest BCUT2D eigenvalue weighted by atomic mass is 35.5. The van der Waals surface area contributed by atoms with E-state index in [2.05, 4.69) is 5.32 Å². The van der Waals surface area contributed by atoms with Crippen LogP contribution in [0.1, 0.15) is 29.6 Å². The summed E-state index contributed by atoms with van der Waals surface area (Å²) in [5.74, 6) is 0.786. The minimum atomic E-state index is 0. The predicted molar refractivity (Wildman–Crippen MR) is 90.8 cm³/mol. The number of nitrogens with two attached hydrogens (primary N) is 1. The van der Waals surface area contributed by atoms with Crippen LogP contribution in [-0.4, -0.2) is 41.6 Å². The van der Waals surface area contributed by atoms with Crippen LogP contribution in [0.15, 0.2) is 23.1 Å². The summed E-state index contributed by atoms with van der Waals surface area (Å²) in [5.41, 5.74) is 7.10. The zero-order chi connectivity index (χ0) is 14.8. The molecule has 0 saturated carbocycles. The quantitative estimate of drug-likeness (QED) is 0.863. The summed E-state index contributed by atoms with van der Waals surface area (Å²) >= 11 is 1.64. The molecule has 0 radical (unpaired) electrons. The number of anilines is 1. The Morgan fingerprint density at radius 2 is 2.27 bits per heavy atom. The van der Waals surface area contributed by atoms with E-state index in [1.165, 1.54) is 0 Å². The van der Waals surface area contributed by atoms with E-state index in [0.717, 1.165) is 35.7 Å². The number of hydrogen-bond acceptors (Lipinski definition) is 4. The number of likely N-dealkylation sites (tertiary alicyclic amines) is 1. The zero-order valence-corrected chi connectivity index (χ0v) is 13.8. The van der Waals surface area contributed by atoms with Crippen LogP contribution >= 0.6 is 24.2 Å². The molecular formula is C15H20ClN3O2S. The first kappa shape index (κ1) is 17.1. The van der Waals surface area contributed by atoms with Crippen LogP contribution in [0.4, 0.5) is 5.69 Å². The molecular weight excluding hydrogens is 322 g/mol. The lowest BCUT2D eigenvalue weighted by Gasteiger charge is -2.24. The Morgan fingerprint density at radius 3 is 3.05 bits per heavy atom. The second-order valence-corrected chi connectivity index (χ2v) is 6.52. The number of thioether (sulfide) groups is 1. The van der Waals surface area contributed by atoms with Gasteiger partial charge in [-0.15, -0.1) is 24.2 Å². The van der Waals surface area contributed by atoms with Crippen LogP contribution in [0.2, 0.25) is 0 Å². The van der Waals surface area contributed by atoms with Gasteiger partial charge in [0.2, 0.25) is 5.91 Å². The lowest BCUT2D eigenvalue weighted by molar-refractivity contribution is -0.115. The first-order valence-corrected chi connectivity index (χ1v) is 8.25. The topological polar surface area (TPSA) is 75.4 Å². The highest BCUT2D eigenvalue weighted by Gasteiger charge is 2.28. The summed E-state index contributed by atoms with van der Waals surface area (Å²) in [6.07, 6.45) is 2.48. The standard InChI is InChI=1S/C15H19N3O2S.ClH/c16-9-11-2-1-6-18(11)15(20)10-3-4-13-12(8-10)17-14(19)5-7-21-13;/h3-4,8,11H,1-2,5-7,9,16H2,(H,17,19);1H. The van der Waals surface area contributed by atoms with Crippen molar-refractivity contribution in [3.05, 3.63) is 23.8 Å². The molecule has 7 heteroatoms. The Bertz CT molecular complexity index is 582. The summed E-state index contributed by atoms with van der Waals surface area (Å²) in [5, 5.41) is 2.88. The van der Waals surface area contributed by atoms with Crippen molar-refractivity contribution in [2.24, 2.45) is 5.73 Å². The van der Waals surface area contributed by atoms with Crippen molar-refractivity contribution >= 4 is 41.7 Å². The number of halogens is 1. The smallest absolute Gasteiger partial charge is 0.254 e. The van der Waals surface area contributed by atoms with Gasteiger partial charge in [0, 0.05) is 41.8 Å². The van der Waals surface area contributed by atoms with Crippen molar-refractivity contribution in [2.75, 3.05) is 24.2 Å². The number of benzene rings is 1. The van der Waals surface area contributed by atoms with Crippen LogP contribution in [-0.2, 0) is 4.79 Å². The number of carbonyl (C=O) groups excluding carboxylic acids is 2. The van der Waals surface area contributed by atoms with E-state index in [4.69, 9.17) is 5.73 Å². The predicted octanol–water partition coefficient (Wildman–Crippen LogP) is 2.11. The number of amides is 2. The maximum Gasteiger partial charge on any atom is 0.254 e. The number of nitrogens with one attached hydrogen (secondary N) is 1. The Morgan fingerprint density at radius 1 is 1.45 bits per heavy atom. The van der Waals surface area contributed by atoms with Crippen LogP contribution in [0, 0.1) is 0 Å². The normalized spacial score (nSPS) is 20.7. The van der Waals surface area contributed by atoms with Gasteiger partial charge in [-0.1, -0.05) is 0 Å². The van der Waals surface area contributed by atoms with Crippen molar-refractivity contribution < 1.29 is 9.59 Å². The Labute approximate surface area is 140 Å². The number of nitrogens with zero attached hydrogens (tertiary/aromatic N) is 1. The summed E-state index contributed by atoms with van der Waals surface area (Å²) in [6.45, 7) is 1.27. The maximum absolute atomic E-state index is 12.6. The highest BCUT2D eigenvalue weighted by molar-refractivity contribution is 7.99. The van der Waals surface area contributed by atoms with Crippen LogP contribution in [0.25, 0.3) is 0 Å². The molecule has 2 amide bonds. The van der Waals surface area contributed by atoms with Gasteiger partial charge in [-0.2, -0.15) is 0 Å². The summed E-state index contributed by atoms with van der Waals surface area (Å²) in [6, 6.07) is 5.70. The van der Waals surface area contributed by atoms with Gasteiger partial charge in [-0.3, -0.25) is 9.59 Å². The fourth-order valence-electron chi connectivity index (χ4n) is 2.87. The lowest BCUT2D eigenvalue weighted by atomic mass is 10.1. The van der Waals surface area contributed by atoms with Crippen LogP contribution in [0.5, 0.6) is 0 Å². The van der Waals surface area contributed by atoms with E-state index < -0.39 is 0 Å². The first-order valence-electron chi connectivity index (χ1n) is 7.27. The molecule has 1 saturated heterocycles. The second-order valence-electron chi connectivity index (χ2n) is 5.39. The largest absolute Gasteiger partial charge is 0.334 e. The van der Waals surface area contributed by atoms with E-state index in [0.29, 0.717) is 18.5 Å². The number of rotatable bonds is 2. The van der Waals surface area contributed by atoms with Gasteiger partial charge in [0.1, 0.15) is 0 Å². The van der Waals surface area contributed by atoms with Gasteiger partial charge >= 0.3 is 0 Å². The number of fused-ring (bicyclic) bond motifs is 1. The van der Waals surface area contributed by atoms with Gasteiger partial charge < -0.3 is 16.0 Å². The summed E-state index contributed by atoms with van der Waals surface area (Å²) < 4.78 is 0. The van der Waals surface area contributed by atoms with E-state index >= 15 is 0 Å². The molecule has 3 N–H and O–H groups in total. The molecule has 1 fully saturated rings. The highest BCUT2D eigenvalue weighted by Crippen LogP contribution is 2.32. The van der Waals surface area contributed by atoms with Gasteiger partial charge in [-0.25, -0.2) is 0 Å². The van der Waals surface area contributed by atoms with E-state index in [1.54, 1.807) is 17.8 Å². The van der Waals surface area contributed by atoms with Gasteiger partial charge in [0.15, 0.2) is 0 Å². The molecule has 0 aliphatic carbocycles. The summed E-state index contributed by atoms with van der Waals surface area (Å²) in [4.78, 5) is 27.1. The SMILES string of the molecule is Cl.NCC1CCCN1C(=O)c1ccc2c(c1)NC(=O)CCS2. The van der Waals surface area contributed by atoms with Crippen molar-refractivity contribution in [3.63, 3.8) is 0 Å². The third-order valence-electron chi connectivity index (χ3n) is 4.00. The number of hydrogen-bond donors (Lipinski definition) is 2. The average Bonchev–Trinajstić information content (AvgIpc) is 2.88. The Balaban J connectivity index is 0.00000176. The minimum Gasteiger partial charge on any atom is -0.334 e.